The number of hydrogen-bond acceptors (Lipinski definition) is 4. The molecule has 0 aliphatic rings. The van der Waals surface area contributed by atoms with E-state index in [9.17, 15) is 4.79 Å². The summed E-state index contributed by atoms with van der Waals surface area (Å²) in [5.74, 6) is 1.13. The van der Waals surface area contributed by atoms with Crippen molar-refractivity contribution in [3.05, 3.63) is 0 Å². The molecule has 1 atom stereocenters. The minimum Gasteiger partial charge on any atom is -0.465 e. The summed E-state index contributed by atoms with van der Waals surface area (Å²) in [5.41, 5.74) is -0.586. The molecule has 0 aliphatic carbocycles. The van der Waals surface area contributed by atoms with E-state index < -0.39 is 5.54 Å². The second kappa shape index (κ2) is 10.2. The van der Waals surface area contributed by atoms with Gasteiger partial charge in [-0.2, -0.15) is 0 Å². The molecule has 0 aromatic carbocycles. The Hall–Kier alpha value is -0.610. The molecule has 0 spiro atoms. The summed E-state index contributed by atoms with van der Waals surface area (Å²) in [4.78, 5) is 14.7. The Morgan fingerprint density at radius 3 is 2.05 bits per heavy atom. The molecule has 21 heavy (non-hydrogen) atoms. The van der Waals surface area contributed by atoms with Crippen molar-refractivity contribution in [2.75, 3.05) is 32.8 Å². The monoisotopic (exact) mass is 300 g/mol. The first kappa shape index (κ1) is 20.4. The van der Waals surface area contributed by atoms with E-state index in [0.29, 0.717) is 18.4 Å². The molecule has 126 valence electrons. The molecule has 0 saturated carbocycles. The molecular formula is C17H36N2O2. The third-order valence-corrected chi connectivity index (χ3v) is 3.47. The lowest BCUT2D eigenvalue weighted by Gasteiger charge is -2.32. The molecule has 0 radical (unpaired) electrons. The molecule has 4 nitrogen and oxygen atoms in total. The van der Waals surface area contributed by atoms with Gasteiger partial charge in [-0.3, -0.25) is 4.79 Å². The van der Waals surface area contributed by atoms with Gasteiger partial charge in [0.15, 0.2) is 0 Å². The predicted molar refractivity (Wildman–Crippen MR) is 89.4 cm³/mol. The minimum atomic E-state index is -0.586. The van der Waals surface area contributed by atoms with Crippen LogP contribution in [0.5, 0.6) is 0 Å². The van der Waals surface area contributed by atoms with Gasteiger partial charge in [0.1, 0.15) is 5.54 Å². The fourth-order valence-corrected chi connectivity index (χ4v) is 2.61. The van der Waals surface area contributed by atoms with Crippen LogP contribution < -0.4 is 5.32 Å². The summed E-state index contributed by atoms with van der Waals surface area (Å²) in [6, 6.07) is 0. The van der Waals surface area contributed by atoms with Crippen molar-refractivity contribution in [2.45, 2.75) is 60.4 Å². The highest BCUT2D eigenvalue weighted by atomic mass is 16.5. The lowest BCUT2D eigenvalue weighted by atomic mass is 9.96. The minimum absolute atomic E-state index is 0.138. The lowest BCUT2D eigenvalue weighted by molar-refractivity contribution is -0.151. The summed E-state index contributed by atoms with van der Waals surface area (Å²) < 4.78 is 5.23. The summed E-state index contributed by atoms with van der Waals surface area (Å²) in [6.07, 6.45) is 0.777. The maximum Gasteiger partial charge on any atom is 0.326 e. The zero-order valence-corrected chi connectivity index (χ0v) is 15.2. The average Bonchev–Trinajstić information content (AvgIpc) is 2.35. The number of ether oxygens (including phenoxy) is 1. The number of nitrogens with one attached hydrogen (secondary N) is 1. The molecule has 1 unspecified atom stereocenters. The molecule has 0 fully saturated rings. The molecule has 1 N–H and O–H groups in total. The van der Waals surface area contributed by atoms with E-state index in [4.69, 9.17) is 4.74 Å². The van der Waals surface area contributed by atoms with Gasteiger partial charge in [0.25, 0.3) is 0 Å². The Balaban J connectivity index is 4.70. The van der Waals surface area contributed by atoms with E-state index in [1.165, 1.54) is 0 Å². The Morgan fingerprint density at radius 1 is 1.14 bits per heavy atom. The van der Waals surface area contributed by atoms with Gasteiger partial charge >= 0.3 is 5.97 Å². The summed E-state index contributed by atoms with van der Waals surface area (Å²) in [5, 5.41) is 3.30. The fourth-order valence-electron chi connectivity index (χ4n) is 2.61. The van der Waals surface area contributed by atoms with Crippen LogP contribution in [0.4, 0.5) is 0 Å². The SMILES string of the molecule is CCNC(C)(CCN(CC(C)C)CC(C)C)C(=O)OCC. The number of rotatable bonds is 11. The van der Waals surface area contributed by atoms with E-state index in [2.05, 4.69) is 37.9 Å². The number of carbonyl (C=O) groups excluding carboxylic acids is 1. The number of carbonyl (C=O) groups is 1. The van der Waals surface area contributed by atoms with Crippen molar-refractivity contribution >= 4 is 5.97 Å². The van der Waals surface area contributed by atoms with Crippen LogP contribution in [0.3, 0.4) is 0 Å². The third-order valence-electron chi connectivity index (χ3n) is 3.47. The zero-order valence-electron chi connectivity index (χ0n) is 15.2. The topological polar surface area (TPSA) is 41.6 Å². The van der Waals surface area contributed by atoms with Gasteiger partial charge in [-0.1, -0.05) is 34.6 Å². The average molecular weight is 300 g/mol. The zero-order chi connectivity index (χ0) is 16.5. The highest BCUT2D eigenvalue weighted by molar-refractivity contribution is 5.80. The maximum atomic E-state index is 12.2. The van der Waals surface area contributed by atoms with Gasteiger partial charge in [-0.05, 0) is 38.6 Å². The number of hydrogen-bond donors (Lipinski definition) is 1. The quantitative estimate of drug-likeness (QED) is 0.596. The van der Waals surface area contributed by atoms with Gasteiger partial charge in [-0.25, -0.2) is 0 Å². The van der Waals surface area contributed by atoms with Crippen molar-refractivity contribution in [3.8, 4) is 0 Å². The second-order valence-electron chi connectivity index (χ2n) is 6.88. The normalized spacial score (nSPS) is 14.8. The van der Waals surface area contributed by atoms with E-state index >= 15 is 0 Å². The highest BCUT2D eigenvalue weighted by Gasteiger charge is 2.34. The molecule has 0 amide bonds. The second-order valence-corrected chi connectivity index (χ2v) is 6.88. The summed E-state index contributed by atoms with van der Waals surface area (Å²) >= 11 is 0. The first-order chi connectivity index (χ1) is 9.75. The van der Waals surface area contributed by atoms with E-state index in [0.717, 1.165) is 32.6 Å². The molecule has 0 aliphatic heterocycles. The summed E-state index contributed by atoms with van der Waals surface area (Å²) in [6.45, 7) is 19.0. The van der Waals surface area contributed by atoms with Crippen LogP contribution in [0.25, 0.3) is 0 Å². The van der Waals surface area contributed by atoms with Crippen LogP contribution >= 0.6 is 0 Å². The highest BCUT2D eigenvalue weighted by Crippen LogP contribution is 2.15. The van der Waals surface area contributed by atoms with Gasteiger partial charge in [-0.15, -0.1) is 0 Å². The molecule has 0 heterocycles. The third kappa shape index (κ3) is 8.42. The van der Waals surface area contributed by atoms with Crippen molar-refractivity contribution in [1.82, 2.24) is 10.2 Å². The van der Waals surface area contributed by atoms with Crippen LogP contribution in [0.1, 0.15) is 54.9 Å². The number of likely N-dealkylation sites (N-methyl/N-ethyl adjacent to an activating group) is 1. The van der Waals surface area contributed by atoms with E-state index in [1.54, 1.807) is 0 Å². The van der Waals surface area contributed by atoms with Gasteiger partial charge < -0.3 is 15.0 Å². The first-order valence-corrected chi connectivity index (χ1v) is 8.39. The van der Waals surface area contributed by atoms with Crippen LogP contribution in [-0.2, 0) is 9.53 Å². The Bertz CT molecular complexity index is 283. The van der Waals surface area contributed by atoms with Gasteiger partial charge in [0.05, 0.1) is 6.61 Å². The smallest absolute Gasteiger partial charge is 0.326 e. The number of nitrogens with zero attached hydrogens (tertiary/aromatic N) is 1. The van der Waals surface area contributed by atoms with Gasteiger partial charge in [0.2, 0.25) is 0 Å². The lowest BCUT2D eigenvalue weighted by Crippen LogP contribution is -2.52. The predicted octanol–water partition coefficient (Wildman–Crippen LogP) is 2.92. The van der Waals surface area contributed by atoms with Crippen LogP contribution in [0.2, 0.25) is 0 Å². The molecule has 0 rings (SSSR count). The summed E-state index contributed by atoms with van der Waals surface area (Å²) in [7, 11) is 0. The molecule has 0 aromatic heterocycles. The van der Waals surface area contributed by atoms with Crippen molar-refractivity contribution < 1.29 is 9.53 Å². The van der Waals surface area contributed by atoms with Crippen molar-refractivity contribution in [2.24, 2.45) is 11.8 Å². The largest absolute Gasteiger partial charge is 0.465 e. The van der Waals surface area contributed by atoms with Crippen molar-refractivity contribution in [3.63, 3.8) is 0 Å². The van der Waals surface area contributed by atoms with Crippen LogP contribution in [0, 0.1) is 11.8 Å². The Kier molecular flexibility index (Phi) is 9.88. The Labute approximate surface area is 131 Å². The molecule has 0 aromatic rings. The van der Waals surface area contributed by atoms with Crippen LogP contribution in [0.15, 0.2) is 0 Å². The Morgan fingerprint density at radius 2 is 1.67 bits per heavy atom. The fraction of sp³-hybridized carbons (Fsp3) is 0.941. The van der Waals surface area contributed by atoms with Crippen LogP contribution in [-0.4, -0.2) is 49.2 Å². The number of esters is 1. The van der Waals surface area contributed by atoms with Gasteiger partial charge in [0, 0.05) is 19.6 Å². The van der Waals surface area contributed by atoms with Crippen molar-refractivity contribution in [1.29, 1.82) is 0 Å². The first-order valence-electron chi connectivity index (χ1n) is 8.39. The van der Waals surface area contributed by atoms with E-state index in [1.807, 2.05) is 20.8 Å². The van der Waals surface area contributed by atoms with E-state index in [-0.39, 0.29) is 5.97 Å². The molecular weight excluding hydrogens is 264 g/mol. The standard InChI is InChI=1S/C17H36N2O2/c1-8-18-17(7,16(20)21-9-2)10-11-19(12-14(3)4)13-15(5)6/h14-15,18H,8-13H2,1-7H3. The molecule has 0 bridgehead atoms. The molecule has 0 saturated heterocycles. The maximum absolute atomic E-state index is 12.2. The molecule has 4 heteroatoms.